The highest BCUT2D eigenvalue weighted by atomic mass is 32.2. The summed E-state index contributed by atoms with van der Waals surface area (Å²) in [6.07, 6.45) is 2.62. The number of amides is 2. The summed E-state index contributed by atoms with van der Waals surface area (Å²) in [5.41, 5.74) is 2.54. The van der Waals surface area contributed by atoms with Gasteiger partial charge in [-0.05, 0) is 55.0 Å². The van der Waals surface area contributed by atoms with Gasteiger partial charge in [-0.3, -0.25) is 9.59 Å². The van der Waals surface area contributed by atoms with Crippen molar-refractivity contribution in [2.75, 3.05) is 39.9 Å². The maximum atomic E-state index is 13.3. The van der Waals surface area contributed by atoms with Crippen LogP contribution < -0.4 is 5.32 Å². The third-order valence-corrected chi connectivity index (χ3v) is 8.63. The van der Waals surface area contributed by atoms with Crippen LogP contribution in [0.5, 0.6) is 0 Å². The van der Waals surface area contributed by atoms with Crippen LogP contribution in [-0.2, 0) is 32.5 Å². The molecule has 2 aliphatic heterocycles. The van der Waals surface area contributed by atoms with Crippen molar-refractivity contribution < 1.29 is 22.7 Å². The first kappa shape index (κ1) is 25.3. The summed E-state index contributed by atoms with van der Waals surface area (Å²) in [4.78, 5) is 27.3. The smallest absolute Gasteiger partial charge is 0.253 e. The Morgan fingerprint density at radius 2 is 1.77 bits per heavy atom. The second-order valence-corrected chi connectivity index (χ2v) is 11.0. The molecule has 0 aromatic heterocycles. The highest BCUT2D eigenvalue weighted by Gasteiger charge is 2.31. The zero-order chi connectivity index (χ0) is 24.8. The van der Waals surface area contributed by atoms with Gasteiger partial charge in [-0.1, -0.05) is 30.3 Å². The molecule has 4 rings (SSSR count). The molecule has 1 N–H and O–H groups in total. The number of nitrogens with zero attached hydrogens (tertiary/aromatic N) is 2. The highest BCUT2D eigenvalue weighted by molar-refractivity contribution is 7.89. The molecule has 0 aliphatic carbocycles. The van der Waals surface area contributed by atoms with E-state index in [9.17, 15) is 18.0 Å². The van der Waals surface area contributed by atoms with Gasteiger partial charge in [-0.25, -0.2) is 8.42 Å². The van der Waals surface area contributed by atoms with Crippen molar-refractivity contribution in [3.63, 3.8) is 0 Å². The molecule has 9 heteroatoms. The summed E-state index contributed by atoms with van der Waals surface area (Å²) in [6, 6.07) is 14.2. The van der Waals surface area contributed by atoms with E-state index in [0.29, 0.717) is 64.2 Å². The maximum absolute atomic E-state index is 13.3. The second-order valence-electron chi connectivity index (χ2n) is 9.09. The zero-order valence-corrected chi connectivity index (χ0v) is 20.9. The lowest BCUT2D eigenvalue weighted by Crippen LogP contribution is -2.43. The van der Waals surface area contributed by atoms with Crippen LogP contribution in [0.4, 0.5) is 0 Å². The first-order valence-electron chi connectivity index (χ1n) is 12.1. The lowest BCUT2D eigenvalue weighted by atomic mass is 9.95. The number of ether oxygens (including phenoxy) is 1. The Bertz CT molecular complexity index is 1160. The van der Waals surface area contributed by atoms with Gasteiger partial charge >= 0.3 is 0 Å². The number of piperidine rings is 1. The van der Waals surface area contributed by atoms with Crippen LogP contribution in [0.1, 0.15) is 40.7 Å². The van der Waals surface area contributed by atoms with Gasteiger partial charge in [-0.2, -0.15) is 4.31 Å². The Morgan fingerprint density at radius 3 is 2.51 bits per heavy atom. The first-order chi connectivity index (χ1) is 16.9. The van der Waals surface area contributed by atoms with Crippen LogP contribution in [0, 0.1) is 5.92 Å². The molecular formula is C26H33N3O5S. The number of carbonyl (C=O) groups is 2. The summed E-state index contributed by atoms with van der Waals surface area (Å²) >= 11 is 0. The largest absolute Gasteiger partial charge is 0.385 e. The summed E-state index contributed by atoms with van der Waals surface area (Å²) in [7, 11) is -2.09. The Balaban J connectivity index is 1.38. The van der Waals surface area contributed by atoms with Crippen LogP contribution in [-0.4, -0.2) is 69.3 Å². The minimum Gasteiger partial charge on any atom is -0.385 e. The molecule has 1 saturated heterocycles. The lowest BCUT2D eigenvalue weighted by Gasteiger charge is -2.31. The van der Waals surface area contributed by atoms with Gasteiger partial charge in [0.25, 0.3) is 5.91 Å². The highest BCUT2D eigenvalue weighted by Crippen LogP contribution is 2.26. The van der Waals surface area contributed by atoms with Crippen LogP contribution in [0.15, 0.2) is 53.4 Å². The molecule has 0 bridgehead atoms. The number of hydrogen-bond acceptors (Lipinski definition) is 5. The molecule has 2 aromatic carbocycles. The van der Waals surface area contributed by atoms with Crippen molar-refractivity contribution in [1.29, 1.82) is 0 Å². The molecule has 0 unspecified atom stereocenters. The van der Waals surface area contributed by atoms with Crippen LogP contribution in [0.25, 0.3) is 0 Å². The normalized spacial score (nSPS) is 17.1. The number of hydrogen-bond donors (Lipinski definition) is 1. The number of carbonyl (C=O) groups excluding carboxylic acids is 2. The fraction of sp³-hybridized carbons (Fsp3) is 0.462. The molecule has 0 saturated carbocycles. The Hall–Kier alpha value is -2.75. The number of fused-ring (bicyclic) bond motifs is 1. The topological polar surface area (TPSA) is 96.0 Å². The van der Waals surface area contributed by atoms with E-state index in [1.54, 1.807) is 30.2 Å². The van der Waals surface area contributed by atoms with E-state index in [2.05, 4.69) is 5.32 Å². The van der Waals surface area contributed by atoms with Gasteiger partial charge in [0.1, 0.15) is 0 Å². The van der Waals surface area contributed by atoms with Gasteiger partial charge in [-0.15, -0.1) is 0 Å². The zero-order valence-electron chi connectivity index (χ0n) is 20.1. The number of rotatable bonds is 8. The Morgan fingerprint density at radius 1 is 1.03 bits per heavy atom. The maximum Gasteiger partial charge on any atom is 0.253 e. The van der Waals surface area contributed by atoms with Crippen molar-refractivity contribution in [3.8, 4) is 0 Å². The molecule has 0 radical (unpaired) electrons. The van der Waals surface area contributed by atoms with Crippen molar-refractivity contribution in [2.24, 2.45) is 5.92 Å². The standard InChI is InChI=1S/C26H33N3O5S/c1-34-17-5-13-27-25(30)21-10-14-28(15-11-21)26(31)22-8-4-9-24(18-22)35(32,33)29-16-12-20-6-2-3-7-23(20)19-29/h2-4,6-9,18,21H,5,10-17,19H2,1H3,(H,27,30). The summed E-state index contributed by atoms with van der Waals surface area (Å²) in [5.74, 6) is -0.301. The van der Waals surface area contributed by atoms with Gasteiger partial charge in [0.15, 0.2) is 0 Å². The van der Waals surface area contributed by atoms with E-state index in [0.717, 1.165) is 12.0 Å². The Labute approximate surface area is 207 Å². The first-order valence-corrected chi connectivity index (χ1v) is 13.6. The number of methoxy groups -OCH3 is 1. The minimum absolute atomic E-state index is 0.0180. The van der Waals surface area contributed by atoms with Gasteiger partial charge in [0, 0.05) is 57.9 Å². The molecular weight excluding hydrogens is 466 g/mol. The second kappa shape index (κ2) is 11.3. The van der Waals surface area contributed by atoms with E-state index in [1.807, 2.05) is 24.3 Å². The van der Waals surface area contributed by atoms with Crippen LogP contribution >= 0.6 is 0 Å². The van der Waals surface area contributed by atoms with E-state index in [-0.39, 0.29) is 22.6 Å². The van der Waals surface area contributed by atoms with Crippen LogP contribution in [0.2, 0.25) is 0 Å². The third-order valence-electron chi connectivity index (χ3n) is 6.79. The minimum atomic E-state index is -3.72. The molecule has 188 valence electrons. The summed E-state index contributed by atoms with van der Waals surface area (Å²) in [6.45, 7) is 2.86. The molecule has 1 fully saturated rings. The van der Waals surface area contributed by atoms with Gasteiger partial charge in [0.05, 0.1) is 4.90 Å². The summed E-state index contributed by atoms with van der Waals surface area (Å²) < 4.78 is 33.2. The monoisotopic (exact) mass is 499 g/mol. The quantitative estimate of drug-likeness (QED) is 0.563. The number of nitrogens with one attached hydrogen (secondary N) is 1. The van der Waals surface area contributed by atoms with Gasteiger partial charge < -0.3 is 15.0 Å². The third kappa shape index (κ3) is 5.91. The fourth-order valence-corrected chi connectivity index (χ4v) is 6.18. The molecule has 35 heavy (non-hydrogen) atoms. The van der Waals surface area contributed by atoms with Crippen LogP contribution in [0.3, 0.4) is 0 Å². The molecule has 2 amide bonds. The average molecular weight is 500 g/mol. The SMILES string of the molecule is COCCCNC(=O)C1CCN(C(=O)c2cccc(S(=O)(=O)N3CCc4ccccc4C3)c2)CC1. The van der Waals surface area contributed by atoms with Gasteiger partial charge in [0.2, 0.25) is 15.9 Å². The lowest BCUT2D eigenvalue weighted by molar-refractivity contribution is -0.126. The van der Waals surface area contributed by atoms with Crippen molar-refractivity contribution in [1.82, 2.24) is 14.5 Å². The summed E-state index contributed by atoms with van der Waals surface area (Å²) in [5, 5.41) is 2.93. The predicted molar refractivity (Wildman–Crippen MR) is 132 cm³/mol. The number of sulfonamides is 1. The molecule has 2 aliphatic rings. The van der Waals surface area contributed by atoms with Crippen molar-refractivity contribution >= 4 is 21.8 Å². The van der Waals surface area contributed by atoms with E-state index in [4.69, 9.17) is 4.74 Å². The molecule has 0 spiro atoms. The van der Waals surface area contributed by atoms with E-state index < -0.39 is 10.0 Å². The molecule has 8 nitrogen and oxygen atoms in total. The van der Waals surface area contributed by atoms with Crippen molar-refractivity contribution in [3.05, 3.63) is 65.2 Å². The average Bonchev–Trinajstić information content (AvgIpc) is 2.90. The van der Waals surface area contributed by atoms with Crippen molar-refractivity contribution in [2.45, 2.75) is 37.1 Å². The molecule has 0 atom stereocenters. The van der Waals surface area contributed by atoms with E-state index in [1.165, 1.54) is 15.9 Å². The number of likely N-dealkylation sites (tertiary alicyclic amines) is 1. The molecule has 2 aromatic rings. The molecule has 2 heterocycles. The van der Waals surface area contributed by atoms with E-state index >= 15 is 0 Å². The fourth-order valence-electron chi connectivity index (χ4n) is 4.71. The predicted octanol–water partition coefficient (Wildman–Crippen LogP) is 2.44. The number of benzene rings is 2. The Kier molecular flexibility index (Phi) is 8.20.